The van der Waals surface area contributed by atoms with Gasteiger partial charge in [-0.1, -0.05) is 35.9 Å². The number of aromatic nitrogens is 1. The standard InChI is InChI=1S/C15H17ClN4O/c1-21-10-12-4-2-3-5-13(12)20-15(17)19-9-11-6-7-14(16)18-8-11/h2-8H,9-10H2,1H3,(H3,17,19,20). The number of benzene rings is 1. The summed E-state index contributed by atoms with van der Waals surface area (Å²) in [6, 6.07) is 11.4. The van der Waals surface area contributed by atoms with E-state index in [0.29, 0.717) is 24.3 Å². The van der Waals surface area contributed by atoms with Gasteiger partial charge in [-0.25, -0.2) is 9.98 Å². The molecule has 0 fully saturated rings. The maximum absolute atomic E-state index is 5.90. The number of rotatable bonds is 5. The molecule has 110 valence electrons. The SMILES string of the molecule is COCc1ccccc1NC(N)=NCc1ccc(Cl)nc1. The van der Waals surface area contributed by atoms with Gasteiger partial charge in [-0.3, -0.25) is 0 Å². The second-order valence-corrected chi connectivity index (χ2v) is 4.79. The minimum absolute atomic E-state index is 0.341. The number of aliphatic imine (C=N–C) groups is 1. The van der Waals surface area contributed by atoms with Crippen LogP contribution in [0, 0.1) is 0 Å². The number of methoxy groups -OCH3 is 1. The average molecular weight is 305 g/mol. The summed E-state index contributed by atoms with van der Waals surface area (Å²) in [6.07, 6.45) is 1.68. The normalized spacial score (nSPS) is 11.4. The number of anilines is 1. The average Bonchev–Trinajstić information content (AvgIpc) is 2.49. The van der Waals surface area contributed by atoms with Crippen LogP contribution in [0.15, 0.2) is 47.6 Å². The molecular weight excluding hydrogens is 288 g/mol. The maximum Gasteiger partial charge on any atom is 0.193 e. The fraction of sp³-hybridized carbons (Fsp3) is 0.200. The van der Waals surface area contributed by atoms with Crippen molar-refractivity contribution in [3.05, 3.63) is 58.9 Å². The van der Waals surface area contributed by atoms with Crippen molar-refractivity contribution in [1.82, 2.24) is 4.98 Å². The number of nitrogens with one attached hydrogen (secondary N) is 1. The Kier molecular flexibility index (Phi) is 5.54. The van der Waals surface area contributed by atoms with Crippen molar-refractivity contribution >= 4 is 23.2 Å². The van der Waals surface area contributed by atoms with E-state index < -0.39 is 0 Å². The van der Waals surface area contributed by atoms with Crippen LogP contribution in [0.4, 0.5) is 5.69 Å². The molecule has 2 aromatic rings. The van der Waals surface area contributed by atoms with E-state index in [1.165, 1.54) is 0 Å². The molecule has 0 aliphatic rings. The summed E-state index contributed by atoms with van der Waals surface area (Å²) in [5.74, 6) is 0.341. The third kappa shape index (κ3) is 4.73. The summed E-state index contributed by atoms with van der Waals surface area (Å²) in [6.45, 7) is 0.951. The quantitative estimate of drug-likeness (QED) is 0.506. The number of guanidine groups is 1. The molecule has 6 heteroatoms. The highest BCUT2D eigenvalue weighted by atomic mass is 35.5. The number of hydrogen-bond donors (Lipinski definition) is 2. The predicted molar refractivity (Wildman–Crippen MR) is 85.4 cm³/mol. The lowest BCUT2D eigenvalue weighted by Gasteiger charge is -2.10. The second-order valence-electron chi connectivity index (χ2n) is 4.41. The van der Waals surface area contributed by atoms with Gasteiger partial charge in [0, 0.05) is 24.6 Å². The number of pyridine rings is 1. The molecule has 0 bridgehead atoms. The van der Waals surface area contributed by atoms with E-state index in [2.05, 4.69) is 15.3 Å². The van der Waals surface area contributed by atoms with Gasteiger partial charge in [0.25, 0.3) is 0 Å². The number of nitrogens with zero attached hydrogens (tertiary/aromatic N) is 2. The second kappa shape index (κ2) is 7.61. The molecule has 1 heterocycles. The molecule has 21 heavy (non-hydrogen) atoms. The van der Waals surface area contributed by atoms with Crippen molar-refractivity contribution in [2.45, 2.75) is 13.2 Å². The highest BCUT2D eigenvalue weighted by molar-refractivity contribution is 6.29. The van der Waals surface area contributed by atoms with Gasteiger partial charge in [0.1, 0.15) is 5.15 Å². The molecule has 0 saturated carbocycles. The van der Waals surface area contributed by atoms with Crippen LogP contribution in [-0.2, 0) is 17.9 Å². The lowest BCUT2D eigenvalue weighted by molar-refractivity contribution is 0.185. The molecule has 0 saturated heterocycles. The number of para-hydroxylation sites is 1. The molecule has 0 atom stereocenters. The molecule has 0 radical (unpaired) electrons. The van der Waals surface area contributed by atoms with Crippen LogP contribution >= 0.6 is 11.6 Å². The first-order valence-corrected chi connectivity index (χ1v) is 6.81. The lowest BCUT2D eigenvalue weighted by atomic mass is 10.2. The van der Waals surface area contributed by atoms with E-state index in [-0.39, 0.29) is 0 Å². The van der Waals surface area contributed by atoms with Gasteiger partial charge in [-0.05, 0) is 17.7 Å². The first-order valence-electron chi connectivity index (χ1n) is 6.43. The van der Waals surface area contributed by atoms with E-state index >= 15 is 0 Å². The Labute approximate surface area is 128 Å². The molecule has 0 spiro atoms. The molecule has 3 N–H and O–H groups in total. The fourth-order valence-electron chi connectivity index (χ4n) is 1.78. The van der Waals surface area contributed by atoms with Gasteiger partial charge in [0.15, 0.2) is 5.96 Å². The van der Waals surface area contributed by atoms with Crippen LogP contribution in [0.3, 0.4) is 0 Å². The topological polar surface area (TPSA) is 72.5 Å². The van der Waals surface area contributed by atoms with Crippen molar-refractivity contribution in [3.63, 3.8) is 0 Å². The fourth-order valence-corrected chi connectivity index (χ4v) is 1.89. The summed E-state index contributed by atoms with van der Waals surface area (Å²) < 4.78 is 5.15. The number of halogens is 1. The molecule has 5 nitrogen and oxygen atoms in total. The number of nitrogens with two attached hydrogens (primary N) is 1. The van der Waals surface area contributed by atoms with Gasteiger partial charge < -0.3 is 15.8 Å². The predicted octanol–water partition coefficient (Wildman–Crippen LogP) is 2.81. The molecule has 1 aromatic heterocycles. The van der Waals surface area contributed by atoms with E-state index in [0.717, 1.165) is 16.8 Å². The van der Waals surface area contributed by atoms with Crippen LogP contribution in [0.1, 0.15) is 11.1 Å². The largest absolute Gasteiger partial charge is 0.380 e. The van der Waals surface area contributed by atoms with Crippen LogP contribution in [0.5, 0.6) is 0 Å². The molecule has 0 unspecified atom stereocenters. The Balaban J connectivity index is 2.02. The highest BCUT2D eigenvalue weighted by Crippen LogP contribution is 2.15. The van der Waals surface area contributed by atoms with Crippen molar-refractivity contribution < 1.29 is 4.74 Å². The molecule has 1 aromatic carbocycles. The number of hydrogen-bond acceptors (Lipinski definition) is 3. The molecule has 0 amide bonds. The summed E-state index contributed by atoms with van der Waals surface area (Å²) in [7, 11) is 1.65. The van der Waals surface area contributed by atoms with Crippen molar-refractivity contribution in [2.24, 2.45) is 10.7 Å². The van der Waals surface area contributed by atoms with E-state index in [1.54, 1.807) is 19.4 Å². The Hall–Kier alpha value is -2.11. The zero-order chi connectivity index (χ0) is 15.1. The molecular formula is C15H17ClN4O. The smallest absolute Gasteiger partial charge is 0.193 e. The summed E-state index contributed by atoms with van der Waals surface area (Å²) in [5.41, 5.74) is 8.74. The van der Waals surface area contributed by atoms with Gasteiger partial charge >= 0.3 is 0 Å². The van der Waals surface area contributed by atoms with Crippen molar-refractivity contribution in [3.8, 4) is 0 Å². The third-order valence-electron chi connectivity index (χ3n) is 2.80. The Bertz CT molecular complexity index is 613. The van der Waals surface area contributed by atoms with E-state index in [9.17, 15) is 0 Å². The first-order chi connectivity index (χ1) is 10.2. The minimum Gasteiger partial charge on any atom is -0.380 e. The van der Waals surface area contributed by atoms with Gasteiger partial charge in [-0.15, -0.1) is 0 Å². The summed E-state index contributed by atoms with van der Waals surface area (Å²) in [5, 5.41) is 3.54. The van der Waals surface area contributed by atoms with Gasteiger partial charge in [0.2, 0.25) is 0 Å². The zero-order valence-electron chi connectivity index (χ0n) is 11.7. The Morgan fingerprint density at radius 2 is 2.14 bits per heavy atom. The van der Waals surface area contributed by atoms with Crippen LogP contribution < -0.4 is 11.1 Å². The highest BCUT2D eigenvalue weighted by Gasteiger charge is 2.02. The molecule has 2 rings (SSSR count). The molecule has 0 aliphatic heterocycles. The van der Waals surface area contributed by atoms with Crippen molar-refractivity contribution in [1.29, 1.82) is 0 Å². The lowest BCUT2D eigenvalue weighted by Crippen LogP contribution is -2.23. The van der Waals surface area contributed by atoms with Gasteiger partial charge in [0.05, 0.1) is 13.2 Å². The van der Waals surface area contributed by atoms with Crippen LogP contribution in [0.2, 0.25) is 5.15 Å². The number of ether oxygens (including phenoxy) is 1. The molecule has 0 aliphatic carbocycles. The van der Waals surface area contributed by atoms with Crippen LogP contribution in [0.25, 0.3) is 0 Å². The van der Waals surface area contributed by atoms with E-state index in [1.807, 2.05) is 30.3 Å². The Morgan fingerprint density at radius 3 is 2.86 bits per heavy atom. The monoisotopic (exact) mass is 304 g/mol. The first kappa shape index (κ1) is 15.3. The minimum atomic E-state index is 0.341. The third-order valence-corrected chi connectivity index (χ3v) is 3.02. The zero-order valence-corrected chi connectivity index (χ0v) is 12.5. The van der Waals surface area contributed by atoms with E-state index in [4.69, 9.17) is 22.1 Å². The van der Waals surface area contributed by atoms with Gasteiger partial charge in [-0.2, -0.15) is 0 Å². The van der Waals surface area contributed by atoms with Crippen molar-refractivity contribution in [2.75, 3.05) is 12.4 Å². The summed E-state index contributed by atoms with van der Waals surface area (Å²) in [4.78, 5) is 8.28. The maximum atomic E-state index is 5.90. The summed E-state index contributed by atoms with van der Waals surface area (Å²) >= 11 is 5.73. The van der Waals surface area contributed by atoms with Crippen LogP contribution in [-0.4, -0.2) is 18.1 Å². The Morgan fingerprint density at radius 1 is 1.33 bits per heavy atom.